The molecule has 0 saturated heterocycles. The summed E-state index contributed by atoms with van der Waals surface area (Å²) in [6, 6.07) is 0. The molecule has 1 nitrogen and oxygen atoms in total. The summed E-state index contributed by atoms with van der Waals surface area (Å²) in [6.07, 6.45) is 17.7. The highest BCUT2D eigenvalue weighted by molar-refractivity contribution is 8.93. The van der Waals surface area contributed by atoms with Crippen molar-refractivity contribution in [3.63, 3.8) is 0 Å². The molecule has 0 aromatic carbocycles. The van der Waals surface area contributed by atoms with Crippen molar-refractivity contribution in [2.45, 2.75) is 110 Å². The van der Waals surface area contributed by atoms with Gasteiger partial charge in [-0.3, -0.25) is 0 Å². The van der Waals surface area contributed by atoms with Gasteiger partial charge in [-0.15, -0.1) is 22.9 Å². The van der Waals surface area contributed by atoms with E-state index in [-0.39, 0.29) is 22.5 Å². The van der Waals surface area contributed by atoms with Crippen LogP contribution in [0.3, 0.4) is 0 Å². The van der Waals surface area contributed by atoms with Crippen molar-refractivity contribution in [3.8, 4) is 11.8 Å². The number of unbranched alkanes of at least 4 members (excludes halogenated alkanes) is 11. The molecule has 1 unspecified atom stereocenters. The smallest absolute Gasteiger partial charge is 0.0747 e. The molecular weight excluding hydrogens is 322 g/mol. The van der Waals surface area contributed by atoms with Crippen LogP contribution < -0.4 is 5.73 Å². The molecule has 21 heavy (non-hydrogen) atoms. The van der Waals surface area contributed by atoms with E-state index in [2.05, 4.69) is 18.8 Å². The summed E-state index contributed by atoms with van der Waals surface area (Å²) in [5, 5.41) is 0. The molecule has 1 atom stereocenters. The standard InChI is InChI=1S/C19H37N.BrH/c1-4-6-7-8-9-10-11-12-13-14-15-16-18-19(3,20)17-5-2;/h4,6-16,18,20H2,1-3H3;1H. The number of hydrogen-bond donors (Lipinski definition) is 1. The molecule has 0 heterocycles. The van der Waals surface area contributed by atoms with Gasteiger partial charge in [0.25, 0.3) is 0 Å². The van der Waals surface area contributed by atoms with Crippen LogP contribution in [0.25, 0.3) is 0 Å². The third-order valence-corrected chi connectivity index (χ3v) is 3.96. The molecule has 0 aromatic heterocycles. The summed E-state index contributed by atoms with van der Waals surface area (Å²) >= 11 is 0. The molecule has 0 amide bonds. The summed E-state index contributed by atoms with van der Waals surface area (Å²) in [5.41, 5.74) is 5.81. The van der Waals surface area contributed by atoms with Gasteiger partial charge in [0.05, 0.1) is 5.54 Å². The van der Waals surface area contributed by atoms with Crippen LogP contribution in [-0.4, -0.2) is 5.54 Å². The molecule has 0 spiro atoms. The maximum Gasteiger partial charge on any atom is 0.0747 e. The van der Waals surface area contributed by atoms with Crippen molar-refractivity contribution < 1.29 is 0 Å². The Hall–Kier alpha value is 0.00000000000000000694. The molecule has 2 heteroatoms. The number of halogens is 1. The van der Waals surface area contributed by atoms with Crippen LogP contribution in [0.1, 0.15) is 104 Å². The Labute approximate surface area is 144 Å². The first-order valence-electron chi connectivity index (χ1n) is 8.85. The van der Waals surface area contributed by atoms with Crippen molar-refractivity contribution in [2.24, 2.45) is 5.73 Å². The quantitative estimate of drug-likeness (QED) is 0.299. The lowest BCUT2D eigenvalue weighted by molar-refractivity contribution is 0.489. The molecule has 0 aliphatic carbocycles. The highest BCUT2D eigenvalue weighted by Gasteiger charge is 2.13. The number of nitrogens with two attached hydrogens (primary N) is 1. The zero-order chi connectivity index (χ0) is 15.1. The van der Waals surface area contributed by atoms with Gasteiger partial charge in [-0.05, 0) is 20.3 Å². The van der Waals surface area contributed by atoms with E-state index in [4.69, 9.17) is 5.73 Å². The van der Waals surface area contributed by atoms with E-state index in [1.165, 1.54) is 77.0 Å². The highest BCUT2D eigenvalue weighted by atomic mass is 79.9. The van der Waals surface area contributed by atoms with Crippen molar-refractivity contribution >= 4 is 17.0 Å². The topological polar surface area (TPSA) is 26.0 Å². The first-order chi connectivity index (χ1) is 9.62. The van der Waals surface area contributed by atoms with Crippen LogP contribution in [0, 0.1) is 11.8 Å². The Balaban J connectivity index is 0. The second kappa shape index (κ2) is 16.4. The first-order valence-corrected chi connectivity index (χ1v) is 8.85. The molecule has 0 bridgehead atoms. The summed E-state index contributed by atoms with van der Waals surface area (Å²) in [7, 11) is 0. The summed E-state index contributed by atoms with van der Waals surface area (Å²) in [4.78, 5) is 0. The van der Waals surface area contributed by atoms with Crippen LogP contribution in [0.15, 0.2) is 0 Å². The fourth-order valence-corrected chi connectivity index (χ4v) is 2.68. The van der Waals surface area contributed by atoms with Gasteiger partial charge in [0, 0.05) is 0 Å². The Morgan fingerprint density at radius 2 is 1.14 bits per heavy atom. The van der Waals surface area contributed by atoms with E-state index in [9.17, 15) is 0 Å². The average molecular weight is 360 g/mol. The average Bonchev–Trinajstić information content (AvgIpc) is 2.40. The fourth-order valence-electron chi connectivity index (χ4n) is 2.68. The van der Waals surface area contributed by atoms with Crippen LogP contribution >= 0.6 is 17.0 Å². The number of rotatable bonds is 13. The molecule has 2 N–H and O–H groups in total. The minimum atomic E-state index is -0.271. The van der Waals surface area contributed by atoms with Crippen molar-refractivity contribution in [2.75, 3.05) is 0 Å². The third kappa shape index (κ3) is 18.0. The van der Waals surface area contributed by atoms with E-state index in [0.717, 1.165) is 6.42 Å². The molecule has 126 valence electrons. The van der Waals surface area contributed by atoms with E-state index in [0.29, 0.717) is 0 Å². The normalized spacial score (nSPS) is 13.0. The maximum absolute atomic E-state index is 6.08. The largest absolute Gasteiger partial charge is 0.315 e. The first kappa shape index (κ1) is 23.3. The summed E-state index contributed by atoms with van der Waals surface area (Å²) in [6.45, 7) is 6.19. The molecule has 0 rings (SSSR count). The van der Waals surface area contributed by atoms with Crippen molar-refractivity contribution in [3.05, 3.63) is 0 Å². The fraction of sp³-hybridized carbons (Fsp3) is 0.895. The van der Waals surface area contributed by atoms with Gasteiger partial charge in [-0.1, -0.05) is 89.9 Å². The molecule has 0 fully saturated rings. The van der Waals surface area contributed by atoms with Crippen LogP contribution in [0.2, 0.25) is 0 Å². The molecular formula is C19H38BrN. The Morgan fingerprint density at radius 3 is 1.52 bits per heavy atom. The monoisotopic (exact) mass is 359 g/mol. The second-order valence-corrected chi connectivity index (χ2v) is 6.43. The van der Waals surface area contributed by atoms with Gasteiger partial charge < -0.3 is 5.73 Å². The zero-order valence-corrected chi connectivity index (χ0v) is 16.4. The highest BCUT2D eigenvalue weighted by Crippen LogP contribution is 2.15. The van der Waals surface area contributed by atoms with Crippen LogP contribution in [0.4, 0.5) is 0 Å². The van der Waals surface area contributed by atoms with Crippen molar-refractivity contribution in [1.29, 1.82) is 0 Å². The van der Waals surface area contributed by atoms with Gasteiger partial charge in [-0.25, -0.2) is 0 Å². The Kier molecular flexibility index (Phi) is 18.1. The van der Waals surface area contributed by atoms with Gasteiger partial charge >= 0.3 is 0 Å². The molecule has 0 radical (unpaired) electrons. The predicted molar refractivity (Wildman–Crippen MR) is 102 cm³/mol. The maximum atomic E-state index is 6.08. The SMILES string of the molecule is Br.CC#CC(C)(N)CCCCCCCCCCCCCC. The van der Waals surface area contributed by atoms with Gasteiger partial charge in [0.2, 0.25) is 0 Å². The van der Waals surface area contributed by atoms with E-state index in [1.54, 1.807) is 0 Å². The minimum absolute atomic E-state index is 0. The minimum Gasteiger partial charge on any atom is -0.315 e. The van der Waals surface area contributed by atoms with Gasteiger partial charge in [-0.2, -0.15) is 0 Å². The van der Waals surface area contributed by atoms with Crippen LogP contribution in [0.5, 0.6) is 0 Å². The lowest BCUT2D eigenvalue weighted by atomic mass is 9.95. The Morgan fingerprint density at radius 1 is 0.762 bits per heavy atom. The molecule has 0 saturated carbocycles. The Bertz CT molecular complexity index is 262. The molecule has 0 aromatic rings. The second-order valence-electron chi connectivity index (χ2n) is 6.43. The van der Waals surface area contributed by atoms with E-state index < -0.39 is 0 Å². The van der Waals surface area contributed by atoms with E-state index >= 15 is 0 Å². The molecule has 0 aliphatic heterocycles. The van der Waals surface area contributed by atoms with Gasteiger partial charge in [0.1, 0.15) is 0 Å². The lowest BCUT2D eigenvalue weighted by Crippen LogP contribution is -2.33. The van der Waals surface area contributed by atoms with Crippen LogP contribution in [-0.2, 0) is 0 Å². The summed E-state index contributed by atoms with van der Waals surface area (Å²) < 4.78 is 0. The summed E-state index contributed by atoms with van der Waals surface area (Å²) in [5.74, 6) is 6.02. The van der Waals surface area contributed by atoms with E-state index in [1.807, 2.05) is 13.8 Å². The number of hydrogen-bond acceptors (Lipinski definition) is 1. The predicted octanol–water partition coefficient (Wildman–Crippen LogP) is 6.40. The molecule has 0 aliphatic rings. The third-order valence-electron chi connectivity index (χ3n) is 3.96. The van der Waals surface area contributed by atoms with Crippen molar-refractivity contribution in [1.82, 2.24) is 0 Å². The van der Waals surface area contributed by atoms with Gasteiger partial charge in [0.15, 0.2) is 0 Å². The zero-order valence-electron chi connectivity index (χ0n) is 14.7. The lowest BCUT2D eigenvalue weighted by Gasteiger charge is -2.17.